The third kappa shape index (κ3) is 3.78. The van der Waals surface area contributed by atoms with Crippen molar-refractivity contribution in [2.45, 2.75) is 33.7 Å². The Kier molecular flexibility index (Phi) is 3.95. The average molecular weight is 209 g/mol. The van der Waals surface area contributed by atoms with Crippen LogP contribution in [0.3, 0.4) is 0 Å². The molecule has 15 heavy (non-hydrogen) atoms. The van der Waals surface area contributed by atoms with Gasteiger partial charge < -0.3 is 9.32 Å². The fourth-order valence-corrected chi connectivity index (χ4v) is 1.40. The van der Waals surface area contributed by atoms with Gasteiger partial charge in [0.1, 0.15) is 11.5 Å². The Morgan fingerprint density at radius 1 is 1.47 bits per heavy atom. The van der Waals surface area contributed by atoms with Gasteiger partial charge in [-0.25, -0.2) is 0 Å². The molecule has 1 heterocycles. The van der Waals surface area contributed by atoms with Gasteiger partial charge in [-0.1, -0.05) is 13.8 Å². The molecule has 0 saturated carbocycles. The molecule has 0 aliphatic heterocycles. The zero-order valence-corrected chi connectivity index (χ0v) is 9.91. The van der Waals surface area contributed by atoms with Crippen molar-refractivity contribution in [1.82, 2.24) is 4.90 Å². The van der Waals surface area contributed by atoms with Crippen molar-refractivity contribution >= 4 is 5.91 Å². The van der Waals surface area contributed by atoms with Gasteiger partial charge >= 0.3 is 0 Å². The van der Waals surface area contributed by atoms with E-state index >= 15 is 0 Å². The second-order valence-corrected chi connectivity index (χ2v) is 4.36. The fraction of sp³-hybridized carbons (Fsp3) is 0.583. The van der Waals surface area contributed by atoms with E-state index in [1.165, 1.54) is 0 Å². The van der Waals surface area contributed by atoms with Crippen molar-refractivity contribution in [3.63, 3.8) is 0 Å². The van der Waals surface area contributed by atoms with Gasteiger partial charge in [0.25, 0.3) is 0 Å². The molecule has 0 fully saturated rings. The third-order valence-electron chi connectivity index (χ3n) is 2.20. The van der Waals surface area contributed by atoms with Crippen molar-refractivity contribution in [3.05, 3.63) is 23.7 Å². The van der Waals surface area contributed by atoms with Crippen molar-refractivity contribution in [1.29, 1.82) is 0 Å². The molecule has 0 saturated heterocycles. The van der Waals surface area contributed by atoms with Crippen LogP contribution in [0, 0.1) is 12.8 Å². The van der Waals surface area contributed by atoms with E-state index < -0.39 is 0 Å². The quantitative estimate of drug-likeness (QED) is 0.763. The summed E-state index contributed by atoms with van der Waals surface area (Å²) in [6, 6.07) is 3.82. The molecule has 3 heteroatoms. The lowest BCUT2D eigenvalue weighted by Crippen LogP contribution is -2.26. The summed E-state index contributed by atoms with van der Waals surface area (Å²) >= 11 is 0. The first-order valence-electron chi connectivity index (χ1n) is 5.28. The van der Waals surface area contributed by atoms with Crippen LogP contribution in [0.5, 0.6) is 0 Å². The molecule has 1 rings (SSSR count). The molecular weight excluding hydrogens is 190 g/mol. The monoisotopic (exact) mass is 209 g/mol. The first-order chi connectivity index (χ1) is 6.99. The van der Waals surface area contributed by atoms with Gasteiger partial charge in [-0.15, -0.1) is 0 Å². The van der Waals surface area contributed by atoms with Crippen molar-refractivity contribution in [2.75, 3.05) is 7.05 Å². The number of hydrogen-bond acceptors (Lipinski definition) is 2. The number of carbonyl (C=O) groups is 1. The zero-order chi connectivity index (χ0) is 11.4. The minimum absolute atomic E-state index is 0.166. The molecule has 0 aromatic carbocycles. The second-order valence-electron chi connectivity index (χ2n) is 4.36. The molecule has 1 aromatic rings. The molecule has 0 N–H and O–H groups in total. The van der Waals surface area contributed by atoms with Crippen LogP contribution in [-0.2, 0) is 11.3 Å². The molecule has 0 bridgehead atoms. The van der Waals surface area contributed by atoms with Gasteiger partial charge in [-0.05, 0) is 25.0 Å². The smallest absolute Gasteiger partial charge is 0.222 e. The topological polar surface area (TPSA) is 33.5 Å². The van der Waals surface area contributed by atoms with E-state index in [4.69, 9.17) is 4.42 Å². The van der Waals surface area contributed by atoms with Crippen molar-refractivity contribution in [2.24, 2.45) is 5.92 Å². The number of nitrogens with zero attached hydrogens (tertiary/aromatic N) is 1. The summed E-state index contributed by atoms with van der Waals surface area (Å²) in [7, 11) is 1.81. The normalized spacial score (nSPS) is 10.7. The second kappa shape index (κ2) is 5.01. The zero-order valence-electron chi connectivity index (χ0n) is 9.91. The number of aryl methyl sites for hydroxylation is 1. The number of carbonyl (C=O) groups excluding carboxylic acids is 1. The summed E-state index contributed by atoms with van der Waals surface area (Å²) in [4.78, 5) is 13.4. The highest BCUT2D eigenvalue weighted by molar-refractivity contribution is 5.75. The van der Waals surface area contributed by atoms with Gasteiger partial charge in [-0.2, -0.15) is 0 Å². The van der Waals surface area contributed by atoms with Crippen LogP contribution in [-0.4, -0.2) is 17.9 Å². The number of furan rings is 1. The summed E-state index contributed by atoms with van der Waals surface area (Å²) in [5.74, 6) is 2.29. The van der Waals surface area contributed by atoms with E-state index in [2.05, 4.69) is 0 Å². The molecule has 3 nitrogen and oxygen atoms in total. The number of amides is 1. The van der Waals surface area contributed by atoms with Gasteiger partial charge in [0, 0.05) is 13.5 Å². The van der Waals surface area contributed by atoms with Crippen molar-refractivity contribution < 1.29 is 9.21 Å². The predicted molar refractivity (Wildman–Crippen MR) is 59.4 cm³/mol. The Labute approximate surface area is 91.1 Å². The molecule has 1 aromatic heterocycles. The van der Waals surface area contributed by atoms with Gasteiger partial charge in [0.05, 0.1) is 6.54 Å². The van der Waals surface area contributed by atoms with Crippen LogP contribution in [0.15, 0.2) is 16.5 Å². The maximum Gasteiger partial charge on any atom is 0.222 e. The minimum Gasteiger partial charge on any atom is -0.464 e. The summed E-state index contributed by atoms with van der Waals surface area (Å²) < 4.78 is 5.42. The maximum atomic E-state index is 11.6. The van der Waals surface area contributed by atoms with E-state index in [9.17, 15) is 4.79 Å². The molecule has 0 atom stereocenters. The van der Waals surface area contributed by atoms with Crippen LogP contribution >= 0.6 is 0 Å². The lowest BCUT2D eigenvalue weighted by molar-refractivity contribution is -0.131. The Bertz CT molecular complexity index is 328. The predicted octanol–water partition coefficient (Wildman–Crippen LogP) is 2.59. The Balaban J connectivity index is 2.48. The van der Waals surface area contributed by atoms with Gasteiger partial charge in [-0.3, -0.25) is 4.79 Å². The summed E-state index contributed by atoms with van der Waals surface area (Å²) in [6.07, 6.45) is 0.593. The number of rotatable bonds is 4. The van der Waals surface area contributed by atoms with Crippen LogP contribution < -0.4 is 0 Å². The van der Waals surface area contributed by atoms with Crippen LogP contribution in [0.2, 0.25) is 0 Å². The van der Waals surface area contributed by atoms with Crippen LogP contribution in [0.25, 0.3) is 0 Å². The molecule has 0 unspecified atom stereocenters. The standard InChI is InChI=1S/C12H19NO2/c1-9(2)7-12(14)13(4)8-11-6-5-10(3)15-11/h5-6,9H,7-8H2,1-4H3. The fourth-order valence-electron chi connectivity index (χ4n) is 1.40. The molecule has 1 amide bonds. The molecular formula is C12H19NO2. The highest BCUT2D eigenvalue weighted by Gasteiger charge is 2.12. The van der Waals surface area contributed by atoms with E-state index in [0.717, 1.165) is 11.5 Å². The van der Waals surface area contributed by atoms with E-state index in [1.807, 2.05) is 40.0 Å². The van der Waals surface area contributed by atoms with Gasteiger partial charge in [0.15, 0.2) is 0 Å². The minimum atomic E-state index is 0.166. The van der Waals surface area contributed by atoms with E-state index in [1.54, 1.807) is 4.90 Å². The number of hydrogen-bond donors (Lipinski definition) is 0. The Morgan fingerprint density at radius 3 is 2.60 bits per heavy atom. The highest BCUT2D eigenvalue weighted by Crippen LogP contribution is 2.10. The van der Waals surface area contributed by atoms with E-state index in [0.29, 0.717) is 18.9 Å². The largest absolute Gasteiger partial charge is 0.464 e. The van der Waals surface area contributed by atoms with E-state index in [-0.39, 0.29) is 5.91 Å². The maximum absolute atomic E-state index is 11.6. The van der Waals surface area contributed by atoms with Crippen molar-refractivity contribution in [3.8, 4) is 0 Å². The Morgan fingerprint density at radius 2 is 2.13 bits per heavy atom. The SMILES string of the molecule is Cc1ccc(CN(C)C(=O)CC(C)C)o1. The summed E-state index contributed by atoms with van der Waals surface area (Å²) in [5.41, 5.74) is 0. The summed E-state index contributed by atoms with van der Waals surface area (Å²) in [5, 5.41) is 0. The molecule has 0 radical (unpaired) electrons. The highest BCUT2D eigenvalue weighted by atomic mass is 16.3. The first-order valence-corrected chi connectivity index (χ1v) is 5.28. The van der Waals surface area contributed by atoms with Crippen LogP contribution in [0.4, 0.5) is 0 Å². The molecule has 0 aliphatic rings. The lowest BCUT2D eigenvalue weighted by atomic mass is 10.1. The molecule has 0 spiro atoms. The van der Waals surface area contributed by atoms with Crippen LogP contribution in [0.1, 0.15) is 31.8 Å². The molecule has 0 aliphatic carbocycles. The summed E-state index contributed by atoms with van der Waals surface area (Å²) in [6.45, 7) is 6.55. The van der Waals surface area contributed by atoms with Gasteiger partial charge in [0.2, 0.25) is 5.91 Å². The molecule has 84 valence electrons. The first kappa shape index (κ1) is 11.8. The average Bonchev–Trinajstić information content (AvgIpc) is 2.50. The lowest BCUT2D eigenvalue weighted by Gasteiger charge is -2.16. The third-order valence-corrected chi connectivity index (χ3v) is 2.20. The Hall–Kier alpha value is -1.25.